The van der Waals surface area contributed by atoms with E-state index in [1.165, 1.54) is 32.1 Å². The van der Waals surface area contributed by atoms with Crippen molar-refractivity contribution >= 4 is 24.1 Å². The summed E-state index contributed by atoms with van der Waals surface area (Å²) in [7, 11) is 1.73. The predicted molar refractivity (Wildman–Crippen MR) is 86.1 cm³/mol. The lowest BCUT2D eigenvalue weighted by atomic mass is 9.90. The Morgan fingerprint density at radius 2 is 2.14 bits per heavy atom. The fourth-order valence-electron chi connectivity index (χ4n) is 2.50. The molecule has 0 aromatic carbocycles. The van der Waals surface area contributed by atoms with Crippen molar-refractivity contribution < 1.29 is 9.53 Å². The maximum absolute atomic E-state index is 11.6. The maximum Gasteiger partial charge on any atom is 0.239 e. The Morgan fingerprint density at radius 1 is 1.38 bits per heavy atom. The quantitative estimate of drug-likeness (QED) is 0.847. The summed E-state index contributed by atoms with van der Waals surface area (Å²) in [4.78, 5) is 15.8. The Balaban J connectivity index is 0.00000220. The standard InChI is InChI=1S/C15H23N3O2.ClH/c1-16-10-14(19)18-15-13(8-5-9-17-15)20-11-12-6-3-2-4-7-12;/h5,8-9,12,16H,2-4,6-7,10-11H2,1H3,(H,17,18,19);1H. The van der Waals surface area contributed by atoms with E-state index in [1.807, 2.05) is 12.1 Å². The van der Waals surface area contributed by atoms with Crippen LogP contribution in [0.4, 0.5) is 5.82 Å². The zero-order valence-corrected chi connectivity index (χ0v) is 13.2. The van der Waals surface area contributed by atoms with E-state index >= 15 is 0 Å². The van der Waals surface area contributed by atoms with Gasteiger partial charge >= 0.3 is 0 Å². The molecule has 1 amide bonds. The molecule has 0 unspecified atom stereocenters. The lowest BCUT2D eigenvalue weighted by molar-refractivity contribution is -0.115. The monoisotopic (exact) mass is 313 g/mol. The summed E-state index contributed by atoms with van der Waals surface area (Å²) < 4.78 is 5.86. The van der Waals surface area contributed by atoms with Gasteiger partial charge in [-0.25, -0.2) is 4.98 Å². The highest BCUT2D eigenvalue weighted by molar-refractivity contribution is 5.92. The van der Waals surface area contributed by atoms with E-state index in [4.69, 9.17) is 4.74 Å². The zero-order chi connectivity index (χ0) is 14.2. The molecule has 0 radical (unpaired) electrons. The highest BCUT2D eigenvalue weighted by Crippen LogP contribution is 2.26. The first-order valence-corrected chi connectivity index (χ1v) is 7.32. The van der Waals surface area contributed by atoms with E-state index in [0.29, 0.717) is 24.1 Å². The molecule has 1 aliphatic carbocycles. The van der Waals surface area contributed by atoms with Crippen LogP contribution in [0.3, 0.4) is 0 Å². The summed E-state index contributed by atoms with van der Waals surface area (Å²) in [6, 6.07) is 3.68. The van der Waals surface area contributed by atoms with E-state index in [-0.39, 0.29) is 24.9 Å². The molecule has 118 valence electrons. The van der Waals surface area contributed by atoms with Crippen molar-refractivity contribution in [2.45, 2.75) is 32.1 Å². The summed E-state index contributed by atoms with van der Waals surface area (Å²) in [5.41, 5.74) is 0. The molecule has 1 aliphatic rings. The number of hydrogen-bond acceptors (Lipinski definition) is 4. The second-order valence-electron chi connectivity index (χ2n) is 5.24. The first-order chi connectivity index (χ1) is 9.79. The van der Waals surface area contributed by atoms with Crippen molar-refractivity contribution in [3.8, 4) is 5.75 Å². The molecule has 2 rings (SSSR count). The summed E-state index contributed by atoms with van der Waals surface area (Å²) >= 11 is 0. The number of anilines is 1. The summed E-state index contributed by atoms with van der Waals surface area (Å²) in [5, 5.41) is 5.57. The molecule has 1 heterocycles. The molecule has 2 N–H and O–H groups in total. The molecule has 1 aromatic rings. The van der Waals surface area contributed by atoms with Crippen molar-refractivity contribution in [3.05, 3.63) is 18.3 Å². The van der Waals surface area contributed by atoms with Crippen molar-refractivity contribution in [2.75, 3.05) is 25.5 Å². The maximum atomic E-state index is 11.6. The molecule has 1 fully saturated rings. The Labute approximate surface area is 132 Å². The number of amides is 1. The third-order valence-corrected chi connectivity index (χ3v) is 3.57. The molecule has 0 spiro atoms. The first kappa shape index (κ1) is 17.7. The van der Waals surface area contributed by atoms with Gasteiger partial charge in [0.2, 0.25) is 5.91 Å². The van der Waals surface area contributed by atoms with Crippen molar-refractivity contribution in [1.82, 2.24) is 10.3 Å². The molecule has 1 saturated carbocycles. The Bertz CT molecular complexity index is 437. The van der Waals surface area contributed by atoms with Gasteiger partial charge < -0.3 is 15.4 Å². The lowest BCUT2D eigenvalue weighted by Gasteiger charge is -2.22. The number of pyridine rings is 1. The number of rotatable bonds is 6. The second kappa shape index (κ2) is 9.58. The van der Waals surface area contributed by atoms with Gasteiger partial charge in [0.25, 0.3) is 0 Å². The van der Waals surface area contributed by atoms with E-state index in [1.54, 1.807) is 13.2 Å². The number of hydrogen-bond donors (Lipinski definition) is 2. The molecule has 5 nitrogen and oxygen atoms in total. The van der Waals surface area contributed by atoms with Crippen LogP contribution in [0.2, 0.25) is 0 Å². The topological polar surface area (TPSA) is 63.2 Å². The summed E-state index contributed by atoms with van der Waals surface area (Å²) in [6.45, 7) is 0.971. The van der Waals surface area contributed by atoms with Crippen LogP contribution in [0.5, 0.6) is 5.75 Å². The molecule has 0 saturated heterocycles. The van der Waals surface area contributed by atoms with E-state index in [0.717, 1.165) is 0 Å². The smallest absolute Gasteiger partial charge is 0.239 e. The molecule has 21 heavy (non-hydrogen) atoms. The third kappa shape index (κ3) is 5.89. The number of nitrogens with zero attached hydrogens (tertiary/aromatic N) is 1. The number of ether oxygens (including phenoxy) is 1. The average Bonchev–Trinajstić information content (AvgIpc) is 2.48. The first-order valence-electron chi connectivity index (χ1n) is 7.32. The van der Waals surface area contributed by atoms with Gasteiger partial charge in [0, 0.05) is 6.20 Å². The van der Waals surface area contributed by atoms with Crippen LogP contribution in [0.1, 0.15) is 32.1 Å². The second-order valence-corrected chi connectivity index (χ2v) is 5.24. The van der Waals surface area contributed by atoms with Crippen LogP contribution in [0.25, 0.3) is 0 Å². The predicted octanol–water partition coefficient (Wildman–Crippen LogP) is 2.62. The molecule has 1 aromatic heterocycles. The van der Waals surface area contributed by atoms with Crippen LogP contribution in [-0.4, -0.2) is 31.1 Å². The SMILES string of the molecule is CNCC(=O)Nc1ncccc1OCC1CCCCC1.Cl. The fourth-order valence-corrected chi connectivity index (χ4v) is 2.50. The molecular formula is C15H24ClN3O2. The summed E-state index contributed by atoms with van der Waals surface area (Å²) in [5.74, 6) is 1.67. The average molecular weight is 314 g/mol. The van der Waals surface area contributed by atoms with Gasteiger partial charge in [0.15, 0.2) is 11.6 Å². The molecule has 0 atom stereocenters. The number of aromatic nitrogens is 1. The molecule has 6 heteroatoms. The Hall–Kier alpha value is -1.33. The largest absolute Gasteiger partial charge is 0.489 e. The van der Waals surface area contributed by atoms with Gasteiger partial charge in [-0.05, 0) is 37.9 Å². The van der Waals surface area contributed by atoms with Crippen LogP contribution in [0, 0.1) is 5.92 Å². The van der Waals surface area contributed by atoms with E-state index < -0.39 is 0 Å². The van der Waals surface area contributed by atoms with Crippen molar-refractivity contribution in [2.24, 2.45) is 5.92 Å². The number of nitrogens with one attached hydrogen (secondary N) is 2. The number of halogens is 1. The number of likely N-dealkylation sites (N-methyl/N-ethyl adjacent to an activating group) is 1. The Kier molecular flexibility index (Phi) is 8.08. The fraction of sp³-hybridized carbons (Fsp3) is 0.600. The van der Waals surface area contributed by atoms with Crippen molar-refractivity contribution in [1.29, 1.82) is 0 Å². The molecule has 0 aliphatic heterocycles. The number of carbonyl (C=O) groups excluding carboxylic acids is 1. The normalized spacial score (nSPS) is 15.1. The minimum absolute atomic E-state index is 0. The molecule has 0 bridgehead atoms. The van der Waals surface area contributed by atoms with Gasteiger partial charge in [0.05, 0.1) is 13.2 Å². The number of carbonyl (C=O) groups is 1. The molecular weight excluding hydrogens is 290 g/mol. The van der Waals surface area contributed by atoms with Gasteiger partial charge in [-0.2, -0.15) is 0 Å². The lowest BCUT2D eigenvalue weighted by Crippen LogP contribution is -2.26. The summed E-state index contributed by atoms with van der Waals surface area (Å²) in [6.07, 6.45) is 8.07. The van der Waals surface area contributed by atoms with E-state index in [9.17, 15) is 4.79 Å². The van der Waals surface area contributed by atoms with Gasteiger partial charge in [-0.3, -0.25) is 4.79 Å². The van der Waals surface area contributed by atoms with E-state index in [2.05, 4.69) is 15.6 Å². The highest BCUT2D eigenvalue weighted by Gasteiger charge is 2.15. The minimum Gasteiger partial charge on any atom is -0.489 e. The minimum atomic E-state index is -0.117. The Morgan fingerprint density at radius 3 is 2.86 bits per heavy atom. The van der Waals surface area contributed by atoms with Gasteiger partial charge in [0.1, 0.15) is 0 Å². The third-order valence-electron chi connectivity index (χ3n) is 3.57. The van der Waals surface area contributed by atoms with Crippen LogP contribution in [0.15, 0.2) is 18.3 Å². The van der Waals surface area contributed by atoms with Crippen LogP contribution < -0.4 is 15.4 Å². The van der Waals surface area contributed by atoms with Gasteiger partial charge in [-0.1, -0.05) is 19.3 Å². The van der Waals surface area contributed by atoms with Crippen molar-refractivity contribution in [3.63, 3.8) is 0 Å². The zero-order valence-electron chi connectivity index (χ0n) is 12.4. The van der Waals surface area contributed by atoms with Crippen LogP contribution >= 0.6 is 12.4 Å². The van der Waals surface area contributed by atoms with Crippen LogP contribution in [-0.2, 0) is 4.79 Å². The van der Waals surface area contributed by atoms with Gasteiger partial charge in [-0.15, -0.1) is 12.4 Å². The highest BCUT2D eigenvalue weighted by atomic mass is 35.5.